The van der Waals surface area contributed by atoms with Gasteiger partial charge >= 0.3 is 16.3 Å². The third-order valence-corrected chi connectivity index (χ3v) is 8.54. The molecular weight excluding hydrogens is 503 g/mol. The fourth-order valence-corrected chi connectivity index (χ4v) is 5.97. The highest BCUT2D eigenvalue weighted by Crippen LogP contribution is 2.31. The highest BCUT2D eigenvalue weighted by atomic mass is 32.2. The monoisotopic (exact) mass is 527 g/mol. The molecule has 0 aromatic heterocycles. The second-order valence-corrected chi connectivity index (χ2v) is 11.3. The lowest BCUT2D eigenvalue weighted by Crippen LogP contribution is -2.37. The van der Waals surface area contributed by atoms with Gasteiger partial charge in [-0.15, -0.1) is 0 Å². The van der Waals surface area contributed by atoms with E-state index in [1.165, 1.54) is 34.6 Å². The predicted molar refractivity (Wildman–Crippen MR) is 125 cm³/mol. The highest BCUT2D eigenvalue weighted by Gasteiger charge is 2.32. The zero-order valence-electron chi connectivity index (χ0n) is 18.9. The molecule has 0 heterocycles. The topological polar surface area (TPSA) is 80.8 Å². The van der Waals surface area contributed by atoms with Gasteiger partial charge in [0.2, 0.25) is 10.0 Å². The molecule has 3 aromatic rings. The number of halogens is 3. The quantitative estimate of drug-likeness (QED) is 0.345. The minimum atomic E-state index is -4.71. The van der Waals surface area contributed by atoms with Gasteiger partial charge in [-0.1, -0.05) is 43.3 Å². The standard InChI is InChI=1S/C24H24F3NO5S2/c1-3-18(2)28(34(29,30)22-12-5-4-6-13-22)17-19-9-7-11-21(15-19)33-35(31,32)23-14-8-10-20(16-23)24(25,26)27/h4-16,18H,3,17H2,1-2H3. The van der Waals surface area contributed by atoms with Crippen molar-refractivity contribution in [2.24, 2.45) is 0 Å². The Kier molecular flexibility index (Phi) is 7.93. The summed E-state index contributed by atoms with van der Waals surface area (Å²) in [5, 5.41) is 0. The number of benzene rings is 3. The van der Waals surface area contributed by atoms with Crippen LogP contribution in [0.1, 0.15) is 31.4 Å². The molecule has 0 radical (unpaired) electrons. The fraction of sp³-hybridized carbons (Fsp3) is 0.250. The van der Waals surface area contributed by atoms with Gasteiger partial charge in [0.05, 0.1) is 10.5 Å². The molecule has 0 aliphatic rings. The van der Waals surface area contributed by atoms with Crippen molar-refractivity contribution in [2.45, 2.75) is 48.8 Å². The SMILES string of the molecule is CCC(C)N(Cc1cccc(OS(=O)(=O)c2cccc(C(F)(F)F)c2)c1)S(=O)(=O)c1ccccc1. The van der Waals surface area contributed by atoms with Gasteiger partial charge in [-0.2, -0.15) is 25.9 Å². The Morgan fingerprint density at radius 3 is 2.11 bits per heavy atom. The van der Waals surface area contributed by atoms with Gasteiger partial charge in [0.25, 0.3) is 0 Å². The van der Waals surface area contributed by atoms with E-state index >= 15 is 0 Å². The second kappa shape index (κ2) is 10.4. The Balaban J connectivity index is 1.89. The van der Waals surface area contributed by atoms with Crippen LogP contribution in [-0.2, 0) is 32.9 Å². The first-order chi connectivity index (χ1) is 16.3. The van der Waals surface area contributed by atoms with E-state index < -0.39 is 36.8 Å². The zero-order chi connectivity index (χ0) is 25.9. The molecule has 3 aromatic carbocycles. The molecular formula is C24H24F3NO5S2. The minimum absolute atomic E-state index is 0.0625. The summed E-state index contributed by atoms with van der Waals surface area (Å²) in [7, 11) is -8.42. The minimum Gasteiger partial charge on any atom is -0.379 e. The lowest BCUT2D eigenvalue weighted by Gasteiger charge is -2.28. The molecule has 0 spiro atoms. The van der Waals surface area contributed by atoms with Gasteiger partial charge in [-0.3, -0.25) is 0 Å². The van der Waals surface area contributed by atoms with Crippen molar-refractivity contribution in [3.05, 3.63) is 90.0 Å². The van der Waals surface area contributed by atoms with E-state index in [4.69, 9.17) is 4.18 Å². The number of nitrogens with zero attached hydrogens (tertiary/aromatic N) is 1. The molecule has 0 fully saturated rings. The third-order valence-electron chi connectivity index (χ3n) is 5.33. The largest absolute Gasteiger partial charge is 0.416 e. The van der Waals surface area contributed by atoms with Crippen molar-refractivity contribution in [2.75, 3.05) is 0 Å². The van der Waals surface area contributed by atoms with Crippen LogP contribution in [0.15, 0.2) is 88.7 Å². The van der Waals surface area contributed by atoms with Gasteiger partial charge in [0, 0.05) is 12.6 Å². The third kappa shape index (κ3) is 6.41. The molecule has 0 aliphatic heterocycles. The number of hydrogen-bond acceptors (Lipinski definition) is 5. The normalized spacial score (nSPS) is 13.5. The van der Waals surface area contributed by atoms with Crippen LogP contribution in [0.3, 0.4) is 0 Å². The number of hydrogen-bond donors (Lipinski definition) is 0. The summed E-state index contributed by atoms with van der Waals surface area (Å²) in [5.41, 5.74) is -0.673. The van der Waals surface area contributed by atoms with E-state index in [1.807, 2.05) is 6.92 Å². The molecule has 1 unspecified atom stereocenters. The van der Waals surface area contributed by atoms with Gasteiger partial charge in [-0.25, -0.2) is 8.42 Å². The number of sulfonamides is 1. The van der Waals surface area contributed by atoms with Crippen molar-refractivity contribution in [3.63, 3.8) is 0 Å². The maximum atomic E-state index is 13.3. The molecule has 0 N–H and O–H groups in total. The van der Waals surface area contributed by atoms with Gasteiger partial charge in [-0.05, 0) is 61.4 Å². The Bertz CT molecular complexity index is 1380. The van der Waals surface area contributed by atoms with Crippen LogP contribution in [0.25, 0.3) is 0 Å². The van der Waals surface area contributed by atoms with Crippen molar-refractivity contribution in [1.29, 1.82) is 0 Å². The van der Waals surface area contributed by atoms with Crippen LogP contribution in [0.4, 0.5) is 13.2 Å². The Labute approximate surface area is 203 Å². The van der Waals surface area contributed by atoms with Crippen LogP contribution < -0.4 is 4.18 Å². The molecule has 0 saturated carbocycles. The van der Waals surface area contributed by atoms with E-state index in [0.29, 0.717) is 18.1 Å². The molecule has 1 atom stereocenters. The van der Waals surface area contributed by atoms with Crippen LogP contribution in [0.5, 0.6) is 5.75 Å². The summed E-state index contributed by atoms with van der Waals surface area (Å²) in [5.74, 6) is -0.152. The maximum Gasteiger partial charge on any atom is 0.416 e. The highest BCUT2D eigenvalue weighted by molar-refractivity contribution is 7.89. The molecule has 6 nitrogen and oxygen atoms in total. The van der Waals surface area contributed by atoms with Crippen molar-refractivity contribution in [1.82, 2.24) is 4.31 Å². The summed E-state index contributed by atoms with van der Waals surface area (Å²) in [6, 6.07) is 16.6. The molecule has 35 heavy (non-hydrogen) atoms. The van der Waals surface area contributed by atoms with Crippen molar-refractivity contribution < 1.29 is 34.2 Å². The van der Waals surface area contributed by atoms with E-state index in [1.54, 1.807) is 31.2 Å². The van der Waals surface area contributed by atoms with E-state index in [-0.39, 0.29) is 23.2 Å². The number of alkyl halides is 3. The molecule has 0 saturated heterocycles. The lowest BCUT2D eigenvalue weighted by atomic mass is 10.2. The fourth-order valence-electron chi connectivity index (χ4n) is 3.29. The molecule has 0 bridgehead atoms. The van der Waals surface area contributed by atoms with Gasteiger partial charge in [0.1, 0.15) is 10.6 Å². The average molecular weight is 528 g/mol. The zero-order valence-corrected chi connectivity index (χ0v) is 20.6. The van der Waals surface area contributed by atoms with E-state index in [0.717, 1.165) is 18.2 Å². The van der Waals surface area contributed by atoms with E-state index in [9.17, 15) is 30.0 Å². The summed E-state index contributed by atoms with van der Waals surface area (Å²) in [6.45, 7) is 3.55. The summed E-state index contributed by atoms with van der Waals surface area (Å²) >= 11 is 0. The van der Waals surface area contributed by atoms with Crippen LogP contribution in [-0.4, -0.2) is 27.2 Å². The smallest absolute Gasteiger partial charge is 0.379 e. The molecule has 3 rings (SSSR count). The molecule has 0 aliphatic carbocycles. The molecule has 11 heteroatoms. The predicted octanol–water partition coefficient (Wildman–Crippen LogP) is 5.46. The Morgan fingerprint density at radius 1 is 0.857 bits per heavy atom. The van der Waals surface area contributed by atoms with Crippen LogP contribution in [0.2, 0.25) is 0 Å². The van der Waals surface area contributed by atoms with Crippen LogP contribution >= 0.6 is 0 Å². The molecule has 0 amide bonds. The number of rotatable bonds is 9. The second-order valence-electron chi connectivity index (χ2n) is 7.83. The maximum absolute atomic E-state index is 13.3. The Hall–Kier alpha value is -2.89. The average Bonchev–Trinajstić information content (AvgIpc) is 2.82. The summed E-state index contributed by atoms with van der Waals surface area (Å²) in [4.78, 5) is -0.523. The first-order valence-electron chi connectivity index (χ1n) is 10.6. The lowest BCUT2D eigenvalue weighted by molar-refractivity contribution is -0.137. The Morgan fingerprint density at radius 2 is 1.49 bits per heavy atom. The van der Waals surface area contributed by atoms with Gasteiger partial charge < -0.3 is 4.18 Å². The summed E-state index contributed by atoms with van der Waals surface area (Å²) in [6.07, 6.45) is -4.18. The van der Waals surface area contributed by atoms with Crippen molar-refractivity contribution >= 4 is 20.1 Å². The first-order valence-corrected chi connectivity index (χ1v) is 13.5. The van der Waals surface area contributed by atoms with Crippen LogP contribution in [0, 0.1) is 0 Å². The molecule has 188 valence electrons. The summed E-state index contributed by atoms with van der Waals surface area (Å²) < 4.78 is 97.1. The first kappa shape index (κ1) is 26.7. The van der Waals surface area contributed by atoms with Crippen molar-refractivity contribution in [3.8, 4) is 5.75 Å². The van der Waals surface area contributed by atoms with E-state index in [2.05, 4.69) is 0 Å². The van der Waals surface area contributed by atoms with Gasteiger partial charge in [0.15, 0.2) is 0 Å².